The second-order valence-electron chi connectivity index (χ2n) is 9.05. The van der Waals surface area contributed by atoms with Crippen LogP contribution in [0.3, 0.4) is 0 Å². The molecule has 30 heavy (non-hydrogen) atoms. The van der Waals surface area contributed by atoms with Crippen LogP contribution in [-0.2, 0) is 23.9 Å². The van der Waals surface area contributed by atoms with E-state index in [1.165, 1.54) is 4.90 Å². The summed E-state index contributed by atoms with van der Waals surface area (Å²) in [6, 6.07) is -1.37. The summed E-state index contributed by atoms with van der Waals surface area (Å²) >= 11 is 0. The van der Waals surface area contributed by atoms with Gasteiger partial charge < -0.3 is 24.8 Å². The van der Waals surface area contributed by atoms with Crippen molar-refractivity contribution in [3.8, 4) is 0 Å². The lowest BCUT2D eigenvalue weighted by molar-refractivity contribution is -0.155. The van der Waals surface area contributed by atoms with Gasteiger partial charge in [-0.15, -0.1) is 0 Å². The molecule has 3 aliphatic rings. The normalized spacial score (nSPS) is 33.1. The van der Waals surface area contributed by atoms with Crippen molar-refractivity contribution >= 4 is 17.8 Å². The monoisotopic (exact) mass is 424 g/mol. The lowest BCUT2D eigenvalue weighted by atomic mass is 9.71. The van der Waals surface area contributed by atoms with Gasteiger partial charge in [0.05, 0.1) is 37.2 Å². The van der Waals surface area contributed by atoms with Crippen LogP contribution in [0, 0.1) is 17.8 Å². The molecule has 2 amide bonds. The summed E-state index contributed by atoms with van der Waals surface area (Å²) in [4.78, 5) is 41.2. The highest BCUT2D eigenvalue weighted by Gasteiger charge is 2.75. The number of aliphatic hydroxyl groups is 1. The Kier molecular flexibility index (Phi) is 7.07. The highest BCUT2D eigenvalue weighted by molar-refractivity contribution is 5.98. The van der Waals surface area contributed by atoms with E-state index in [1.54, 1.807) is 6.92 Å². The van der Waals surface area contributed by atoms with Crippen LogP contribution in [0.25, 0.3) is 0 Å². The van der Waals surface area contributed by atoms with Gasteiger partial charge in [0, 0.05) is 6.54 Å². The zero-order valence-electron chi connectivity index (χ0n) is 18.6. The molecule has 3 aliphatic heterocycles. The lowest BCUT2D eigenvalue weighted by Crippen LogP contribution is -2.59. The molecule has 0 aromatic rings. The van der Waals surface area contributed by atoms with Crippen molar-refractivity contribution in [2.45, 2.75) is 83.6 Å². The number of nitrogens with one attached hydrogen (secondary N) is 1. The molecular weight excluding hydrogens is 388 g/mol. The molecule has 2 bridgehead atoms. The fourth-order valence-electron chi connectivity index (χ4n) is 5.56. The molecule has 6 atom stereocenters. The molecule has 0 radical (unpaired) electrons. The maximum atomic E-state index is 13.6. The van der Waals surface area contributed by atoms with Gasteiger partial charge in [-0.25, -0.2) is 0 Å². The van der Waals surface area contributed by atoms with Crippen molar-refractivity contribution in [1.29, 1.82) is 0 Å². The number of esters is 1. The minimum absolute atomic E-state index is 0.0530. The van der Waals surface area contributed by atoms with Crippen LogP contribution in [0.15, 0.2) is 0 Å². The van der Waals surface area contributed by atoms with Crippen LogP contribution in [0.5, 0.6) is 0 Å². The largest absolute Gasteiger partial charge is 0.466 e. The number of hydrogen-bond donors (Lipinski definition) is 2. The maximum Gasteiger partial charge on any atom is 0.312 e. The quantitative estimate of drug-likeness (QED) is 0.404. The smallest absolute Gasteiger partial charge is 0.312 e. The fraction of sp³-hybridized carbons (Fsp3) is 0.864. The number of unbranched alkanes of at least 4 members (excludes halogenated alkanes) is 2. The van der Waals surface area contributed by atoms with Gasteiger partial charge in [0.2, 0.25) is 11.8 Å². The zero-order valence-corrected chi connectivity index (χ0v) is 18.6. The third-order valence-electron chi connectivity index (χ3n) is 6.94. The van der Waals surface area contributed by atoms with E-state index in [0.29, 0.717) is 19.4 Å². The molecule has 3 saturated heterocycles. The third-order valence-corrected chi connectivity index (χ3v) is 6.94. The summed E-state index contributed by atoms with van der Waals surface area (Å²) in [7, 11) is 0. The molecule has 8 nitrogen and oxygen atoms in total. The molecule has 3 fully saturated rings. The van der Waals surface area contributed by atoms with E-state index in [-0.39, 0.29) is 30.9 Å². The molecule has 1 spiro atoms. The molecule has 170 valence electrons. The first kappa shape index (κ1) is 23.0. The Hall–Kier alpha value is -1.67. The molecule has 0 aromatic heterocycles. The summed E-state index contributed by atoms with van der Waals surface area (Å²) in [6.07, 6.45) is 3.68. The molecule has 0 aromatic carbocycles. The van der Waals surface area contributed by atoms with Crippen molar-refractivity contribution in [3.05, 3.63) is 0 Å². The molecule has 3 rings (SSSR count). The number of carbonyl (C=O) groups excluding carboxylic acids is 3. The molecular formula is C22H36N2O6. The number of aliphatic hydroxyl groups excluding tert-OH is 1. The minimum atomic E-state index is -1.03. The van der Waals surface area contributed by atoms with Crippen LogP contribution in [0.1, 0.15) is 59.8 Å². The van der Waals surface area contributed by atoms with Crippen molar-refractivity contribution in [3.63, 3.8) is 0 Å². The van der Waals surface area contributed by atoms with Gasteiger partial charge in [0.15, 0.2) is 0 Å². The molecule has 0 aliphatic carbocycles. The molecule has 8 heteroatoms. The second kappa shape index (κ2) is 9.22. The second-order valence-corrected chi connectivity index (χ2v) is 9.05. The summed E-state index contributed by atoms with van der Waals surface area (Å²) < 4.78 is 11.5. The average Bonchev–Trinajstić information content (AvgIpc) is 3.34. The number of fused-ring (bicyclic) bond motifs is 1. The average molecular weight is 425 g/mol. The van der Waals surface area contributed by atoms with Gasteiger partial charge in [-0.05, 0) is 32.1 Å². The standard InChI is InChI=1S/C22H36N2O6/c1-5-7-8-11-23-19(26)18-22-10-9-15(30-22)16(21(28)29-6-2)17(22)20(27)24(18)14(12-25)13(3)4/h13-18,25H,5-12H2,1-4H3,(H,23,26)/t14-,15+,16-,17-,18+,22-/m0/s1. The van der Waals surface area contributed by atoms with Gasteiger partial charge in [0.1, 0.15) is 11.6 Å². The first-order chi connectivity index (χ1) is 14.3. The Morgan fingerprint density at radius 1 is 1.33 bits per heavy atom. The minimum Gasteiger partial charge on any atom is -0.466 e. The number of carbonyl (C=O) groups is 3. The maximum absolute atomic E-state index is 13.6. The van der Waals surface area contributed by atoms with E-state index >= 15 is 0 Å². The van der Waals surface area contributed by atoms with Crippen LogP contribution in [0.2, 0.25) is 0 Å². The summed E-state index contributed by atoms with van der Waals surface area (Å²) in [5.74, 6) is -2.46. The van der Waals surface area contributed by atoms with E-state index in [9.17, 15) is 19.5 Å². The number of rotatable bonds is 10. The van der Waals surface area contributed by atoms with Crippen LogP contribution >= 0.6 is 0 Å². The third kappa shape index (κ3) is 3.62. The number of ether oxygens (including phenoxy) is 2. The van der Waals surface area contributed by atoms with Crippen molar-refractivity contribution in [2.24, 2.45) is 17.8 Å². The molecule has 0 unspecified atom stereocenters. The predicted molar refractivity (Wildman–Crippen MR) is 109 cm³/mol. The SMILES string of the molecule is CCCCCNC(=O)[C@H]1N([C@@H](CO)C(C)C)C(=O)[C@@H]2[C@@H](C(=O)OCC)[C@H]3CC[C@]21O3. The lowest BCUT2D eigenvalue weighted by Gasteiger charge is -2.38. The van der Waals surface area contributed by atoms with Crippen molar-refractivity contribution in [1.82, 2.24) is 10.2 Å². The Bertz CT molecular complexity index is 668. The first-order valence-corrected chi connectivity index (χ1v) is 11.4. The van der Waals surface area contributed by atoms with Gasteiger partial charge in [-0.2, -0.15) is 0 Å². The van der Waals surface area contributed by atoms with E-state index in [1.807, 2.05) is 13.8 Å². The van der Waals surface area contributed by atoms with Gasteiger partial charge in [-0.1, -0.05) is 33.6 Å². The van der Waals surface area contributed by atoms with Crippen LogP contribution in [0.4, 0.5) is 0 Å². The highest BCUT2D eigenvalue weighted by Crippen LogP contribution is 2.59. The van der Waals surface area contributed by atoms with Gasteiger partial charge in [-0.3, -0.25) is 14.4 Å². The molecule has 0 saturated carbocycles. The fourth-order valence-corrected chi connectivity index (χ4v) is 5.56. The summed E-state index contributed by atoms with van der Waals surface area (Å²) in [5, 5.41) is 13.0. The van der Waals surface area contributed by atoms with Crippen molar-refractivity contribution < 1.29 is 29.0 Å². The van der Waals surface area contributed by atoms with E-state index < -0.39 is 41.6 Å². The van der Waals surface area contributed by atoms with Crippen LogP contribution in [-0.4, -0.2) is 71.3 Å². The Morgan fingerprint density at radius 2 is 2.07 bits per heavy atom. The predicted octanol–water partition coefficient (Wildman–Crippen LogP) is 1.25. The van der Waals surface area contributed by atoms with E-state index in [4.69, 9.17) is 9.47 Å². The van der Waals surface area contributed by atoms with E-state index in [2.05, 4.69) is 12.2 Å². The summed E-state index contributed by atoms with van der Waals surface area (Å²) in [5.41, 5.74) is -1.03. The summed E-state index contributed by atoms with van der Waals surface area (Å²) in [6.45, 7) is 8.16. The van der Waals surface area contributed by atoms with Crippen molar-refractivity contribution in [2.75, 3.05) is 19.8 Å². The Balaban J connectivity index is 1.95. The number of nitrogens with zero attached hydrogens (tertiary/aromatic N) is 1. The number of likely N-dealkylation sites (tertiary alicyclic amines) is 1. The first-order valence-electron chi connectivity index (χ1n) is 11.4. The van der Waals surface area contributed by atoms with E-state index in [0.717, 1.165) is 19.3 Å². The highest BCUT2D eigenvalue weighted by atomic mass is 16.6. The number of hydrogen-bond acceptors (Lipinski definition) is 6. The zero-order chi connectivity index (χ0) is 22.1. The topological polar surface area (TPSA) is 105 Å². The van der Waals surface area contributed by atoms with Crippen LogP contribution < -0.4 is 5.32 Å². The van der Waals surface area contributed by atoms with Gasteiger partial charge in [0.25, 0.3) is 0 Å². The Morgan fingerprint density at radius 3 is 2.67 bits per heavy atom. The number of amides is 2. The Labute approximate surface area is 178 Å². The molecule has 3 heterocycles. The van der Waals surface area contributed by atoms with Gasteiger partial charge >= 0.3 is 5.97 Å². The molecule has 2 N–H and O–H groups in total.